The first-order valence-corrected chi connectivity index (χ1v) is 12.2. The average Bonchev–Trinajstić information content (AvgIpc) is 3.12. The average molecular weight is 506 g/mol. The van der Waals surface area contributed by atoms with E-state index in [1.165, 1.54) is 5.56 Å². The zero-order chi connectivity index (χ0) is 24.6. The molecule has 1 fully saturated rings. The summed E-state index contributed by atoms with van der Waals surface area (Å²) < 4.78 is 12.4. The molecule has 8 heteroatoms. The van der Waals surface area contributed by atoms with E-state index in [0.717, 1.165) is 34.2 Å². The number of hydrogen-bond donors (Lipinski definition) is 1. The number of aliphatic carboxylic acids is 1. The van der Waals surface area contributed by atoms with E-state index in [-0.39, 0.29) is 4.32 Å². The van der Waals surface area contributed by atoms with Gasteiger partial charge in [-0.3, -0.25) is 14.5 Å². The minimum Gasteiger partial charge on any atom is -0.489 e. The zero-order valence-corrected chi connectivity index (χ0v) is 20.4. The number of nitrogens with zero attached hydrogens (tertiary/aromatic N) is 1. The second-order valence-corrected chi connectivity index (χ2v) is 9.40. The standard InChI is InChI=1S/C27H23NO5S2/c29-25(30)17-28-26(31)24(35-27(28)34)16-21-11-12-22(32-14-13-19-7-3-1-4-8-19)23(15-21)33-18-20-9-5-2-6-10-20/h1-12,15-16H,13-14,17-18H2,(H,29,30). The molecule has 0 atom stereocenters. The van der Waals surface area contributed by atoms with Crippen LogP contribution in [-0.4, -0.2) is 39.4 Å². The first kappa shape index (κ1) is 24.5. The Hall–Kier alpha value is -3.62. The van der Waals surface area contributed by atoms with Gasteiger partial charge in [-0.25, -0.2) is 0 Å². The number of ether oxygens (including phenoxy) is 2. The third kappa shape index (κ3) is 6.71. The molecule has 1 amide bonds. The van der Waals surface area contributed by atoms with Crippen LogP contribution in [0.1, 0.15) is 16.7 Å². The van der Waals surface area contributed by atoms with E-state index in [4.69, 9.17) is 26.8 Å². The van der Waals surface area contributed by atoms with Crippen LogP contribution in [0.15, 0.2) is 83.8 Å². The molecule has 0 unspecified atom stereocenters. The highest BCUT2D eigenvalue weighted by Crippen LogP contribution is 2.35. The Morgan fingerprint density at radius 3 is 2.31 bits per heavy atom. The van der Waals surface area contributed by atoms with Crippen molar-refractivity contribution in [2.24, 2.45) is 0 Å². The summed E-state index contributed by atoms with van der Waals surface area (Å²) in [6.45, 7) is 0.389. The summed E-state index contributed by atoms with van der Waals surface area (Å²) in [5, 5.41) is 9.04. The largest absolute Gasteiger partial charge is 0.489 e. The van der Waals surface area contributed by atoms with Gasteiger partial charge < -0.3 is 14.6 Å². The van der Waals surface area contributed by atoms with Gasteiger partial charge in [0.2, 0.25) is 0 Å². The molecule has 1 N–H and O–H groups in total. The smallest absolute Gasteiger partial charge is 0.323 e. The molecule has 1 aliphatic rings. The van der Waals surface area contributed by atoms with Crippen LogP contribution in [0, 0.1) is 0 Å². The van der Waals surface area contributed by atoms with E-state index in [9.17, 15) is 9.59 Å². The van der Waals surface area contributed by atoms with E-state index in [2.05, 4.69) is 12.1 Å². The van der Waals surface area contributed by atoms with Crippen molar-refractivity contribution < 1.29 is 24.2 Å². The molecule has 6 nitrogen and oxygen atoms in total. The van der Waals surface area contributed by atoms with Crippen molar-refractivity contribution in [1.82, 2.24) is 4.90 Å². The van der Waals surface area contributed by atoms with Gasteiger partial charge >= 0.3 is 5.97 Å². The lowest BCUT2D eigenvalue weighted by molar-refractivity contribution is -0.140. The summed E-state index contributed by atoms with van der Waals surface area (Å²) in [6.07, 6.45) is 2.44. The SMILES string of the molecule is O=C(O)CN1C(=O)C(=Cc2ccc(OCCc3ccccc3)c(OCc3ccccc3)c2)SC1=S. The quantitative estimate of drug-likeness (QED) is 0.301. The zero-order valence-electron chi connectivity index (χ0n) is 18.8. The molecule has 3 aromatic rings. The van der Waals surface area contributed by atoms with Gasteiger partial charge in [-0.1, -0.05) is 90.7 Å². The topological polar surface area (TPSA) is 76.1 Å². The van der Waals surface area contributed by atoms with Gasteiger partial charge in [0.25, 0.3) is 5.91 Å². The lowest BCUT2D eigenvalue weighted by Gasteiger charge is -2.14. The Labute approximate surface area is 213 Å². The second-order valence-electron chi connectivity index (χ2n) is 7.73. The number of carbonyl (C=O) groups excluding carboxylic acids is 1. The van der Waals surface area contributed by atoms with Crippen molar-refractivity contribution in [3.63, 3.8) is 0 Å². The van der Waals surface area contributed by atoms with E-state index in [1.54, 1.807) is 6.08 Å². The van der Waals surface area contributed by atoms with Crippen molar-refractivity contribution >= 4 is 46.3 Å². The van der Waals surface area contributed by atoms with Crippen LogP contribution in [0.3, 0.4) is 0 Å². The molecule has 1 aliphatic heterocycles. The number of carboxylic acid groups (broad SMARTS) is 1. The Kier molecular flexibility index (Phi) is 8.18. The van der Waals surface area contributed by atoms with Gasteiger partial charge in [-0.2, -0.15) is 0 Å². The van der Waals surface area contributed by atoms with Crippen molar-refractivity contribution in [3.8, 4) is 11.5 Å². The first-order valence-electron chi connectivity index (χ1n) is 10.9. The highest BCUT2D eigenvalue weighted by molar-refractivity contribution is 8.26. The molecule has 1 saturated heterocycles. The monoisotopic (exact) mass is 505 g/mol. The number of rotatable bonds is 10. The number of amides is 1. The van der Waals surface area contributed by atoms with E-state index < -0.39 is 18.4 Å². The van der Waals surface area contributed by atoms with Crippen molar-refractivity contribution in [2.75, 3.05) is 13.2 Å². The normalized spacial score (nSPS) is 14.4. The van der Waals surface area contributed by atoms with E-state index in [0.29, 0.717) is 29.6 Å². The fourth-order valence-corrected chi connectivity index (χ4v) is 4.68. The minimum atomic E-state index is -1.11. The summed E-state index contributed by atoms with van der Waals surface area (Å²) in [5.41, 5.74) is 2.92. The number of benzene rings is 3. The van der Waals surface area contributed by atoms with E-state index in [1.807, 2.05) is 66.7 Å². The summed E-state index contributed by atoms with van der Waals surface area (Å²) >= 11 is 6.26. The number of thiocarbonyl (C=S) groups is 1. The molecule has 0 aliphatic carbocycles. The molecule has 1 heterocycles. The summed E-state index contributed by atoms with van der Waals surface area (Å²) in [7, 11) is 0. The predicted octanol–water partition coefficient (Wildman–Crippen LogP) is 5.17. The van der Waals surface area contributed by atoms with Crippen molar-refractivity contribution in [2.45, 2.75) is 13.0 Å². The molecule has 0 radical (unpaired) electrons. The molecule has 4 rings (SSSR count). The molecule has 0 aromatic heterocycles. The molecule has 3 aromatic carbocycles. The molecule has 0 bridgehead atoms. The third-order valence-electron chi connectivity index (χ3n) is 5.16. The Bertz CT molecular complexity index is 1240. The predicted molar refractivity (Wildman–Crippen MR) is 140 cm³/mol. The van der Waals surface area contributed by atoms with Gasteiger partial charge in [-0.15, -0.1) is 0 Å². The van der Waals surface area contributed by atoms with Gasteiger partial charge in [0.05, 0.1) is 11.5 Å². The van der Waals surface area contributed by atoms with Gasteiger partial charge in [0.1, 0.15) is 17.5 Å². The fraction of sp³-hybridized carbons (Fsp3) is 0.148. The van der Waals surface area contributed by atoms with Gasteiger partial charge in [0, 0.05) is 6.42 Å². The van der Waals surface area contributed by atoms with Gasteiger partial charge in [-0.05, 0) is 34.9 Å². The summed E-state index contributed by atoms with van der Waals surface area (Å²) in [5.74, 6) is -0.377. The van der Waals surface area contributed by atoms with Crippen molar-refractivity contribution in [1.29, 1.82) is 0 Å². The van der Waals surface area contributed by atoms with Crippen LogP contribution >= 0.6 is 24.0 Å². The molecule has 0 spiro atoms. The Morgan fingerprint density at radius 2 is 1.63 bits per heavy atom. The molecular formula is C27H23NO5S2. The number of thioether (sulfide) groups is 1. The molecule has 178 valence electrons. The second kappa shape index (κ2) is 11.7. The molecular weight excluding hydrogens is 482 g/mol. The third-order valence-corrected chi connectivity index (χ3v) is 6.54. The number of hydrogen-bond acceptors (Lipinski definition) is 6. The first-order chi connectivity index (χ1) is 17.0. The highest BCUT2D eigenvalue weighted by atomic mass is 32.2. The number of carboxylic acids is 1. The Balaban J connectivity index is 1.53. The summed E-state index contributed by atoms with van der Waals surface area (Å²) in [6, 6.07) is 25.3. The van der Waals surface area contributed by atoms with Crippen molar-refractivity contribution in [3.05, 3.63) is 100 Å². The summed E-state index contributed by atoms with van der Waals surface area (Å²) in [4.78, 5) is 25.1. The lowest BCUT2D eigenvalue weighted by atomic mass is 10.1. The minimum absolute atomic E-state index is 0.227. The molecule has 35 heavy (non-hydrogen) atoms. The van der Waals surface area contributed by atoms with Crippen LogP contribution in [0.25, 0.3) is 6.08 Å². The van der Waals surface area contributed by atoms with Crippen LogP contribution < -0.4 is 9.47 Å². The van der Waals surface area contributed by atoms with E-state index >= 15 is 0 Å². The van der Waals surface area contributed by atoms with Crippen LogP contribution in [-0.2, 0) is 22.6 Å². The highest BCUT2D eigenvalue weighted by Gasteiger charge is 2.33. The van der Waals surface area contributed by atoms with Crippen LogP contribution in [0.2, 0.25) is 0 Å². The Morgan fingerprint density at radius 1 is 0.943 bits per heavy atom. The lowest BCUT2D eigenvalue weighted by Crippen LogP contribution is -2.33. The fourth-order valence-electron chi connectivity index (χ4n) is 3.43. The van der Waals surface area contributed by atoms with Crippen LogP contribution in [0.4, 0.5) is 0 Å². The maximum absolute atomic E-state index is 12.6. The number of carbonyl (C=O) groups is 2. The van der Waals surface area contributed by atoms with Crippen LogP contribution in [0.5, 0.6) is 11.5 Å². The maximum atomic E-state index is 12.6. The van der Waals surface area contributed by atoms with Gasteiger partial charge in [0.15, 0.2) is 11.5 Å². The maximum Gasteiger partial charge on any atom is 0.323 e. The molecule has 0 saturated carbocycles.